The maximum Gasteiger partial charge on any atom is 0.0794 e. The van der Waals surface area contributed by atoms with Crippen molar-refractivity contribution in [2.45, 2.75) is 0 Å². The molecule has 0 unspecified atom stereocenters. The highest BCUT2D eigenvalue weighted by Gasteiger charge is 2.15. The van der Waals surface area contributed by atoms with E-state index in [0.29, 0.717) is 0 Å². The second-order valence-corrected chi connectivity index (χ2v) is 12.1. The molecule has 2 heterocycles. The molecule has 0 radical (unpaired) electrons. The Morgan fingerprint density at radius 1 is 0.349 bits per heavy atom. The number of rotatable bonds is 3. The zero-order chi connectivity index (χ0) is 28.3. The average Bonchev–Trinajstić information content (AvgIpc) is 3.47. The second-order valence-electron chi connectivity index (χ2n) is 11.1. The highest BCUT2D eigenvalue weighted by atomic mass is 32.1. The molecule has 200 valence electrons. The number of nitrogens with zero attached hydrogens (tertiary/aromatic N) is 1. The molecule has 2 heteroatoms. The standard InChI is InChI=1S/C41H25NS/c1-2-11-29(36-17-9-18-37-33-15-7-8-19-39(33)43-41(36)37)28(10-1)26-20-22-27(23-21-26)38-25-24-35-32-14-4-3-12-30(32)31-13-5-6-16-34(31)40(35)42-38/h1-25H. The van der Waals surface area contributed by atoms with E-state index in [-0.39, 0.29) is 0 Å². The van der Waals surface area contributed by atoms with Gasteiger partial charge < -0.3 is 0 Å². The lowest BCUT2D eigenvalue weighted by Gasteiger charge is -2.13. The predicted molar refractivity (Wildman–Crippen MR) is 186 cm³/mol. The van der Waals surface area contributed by atoms with Crippen molar-refractivity contribution in [1.82, 2.24) is 4.98 Å². The summed E-state index contributed by atoms with van der Waals surface area (Å²) >= 11 is 1.88. The Bertz CT molecular complexity index is 2470. The Hall–Kier alpha value is -5.31. The maximum absolute atomic E-state index is 5.25. The summed E-state index contributed by atoms with van der Waals surface area (Å²) in [6.07, 6.45) is 0. The highest BCUT2D eigenvalue weighted by Crippen LogP contribution is 2.43. The Morgan fingerprint density at radius 3 is 1.65 bits per heavy atom. The predicted octanol–water partition coefficient (Wildman–Crippen LogP) is 11.9. The fourth-order valence-corrected chi connectivity index (χ4v) is 7.90. The molecule has 0 amide bonds. The van der Waals surface area contributed by atoms with E-state index in [9.17, 15) is 0 Å². The van der Waals surface area contributed by atoms with Crippen LogP contribution in [0.25, 0.3) is 86.1 Å². The summed E-state index contributed by atoms with van der Waals surface area (Å²) in [5, 5.41) is 8.81. The van der Waals surface area contributed by atoms with Crippen LogP contribution in [0.4, 0.5) is 0 Å². The Kier molecular flexibility index (Phi) is 5.44. The Balaban J connectivity index is 1.16. The van der Waals surface area contributed by atoms with Crippen molar-refractivity contribution in [1.29, 1.82) is 0 Å². The largest absolute Gasteiger partial charge is 0.247 e. The molecule has 0 fully saturated rings. The maximum atomic E-state index is 5.25. The molecule has 0 atom stereocenters. The molecule has 0 saturated heterocycles. The number of thiophene rings is 1. The summed E-state index contributed by atoms with van der Waals surface area (Å²) in [6.45, 7) is 0. The summed E-state index contributed by atoms with van der Waals surface area (Å²) in [5.41, 5.74) is 8.15. The van der Waals surface area contributed by atoms with Crippen LogP contribution in [0.2, 0.25) is 0 Å². The van der Waals surface area contributed by atoms with Crippen LogP contribution >= 0.6 is 11.3 Å². The first kappa shape index (κ1) is 24.3. The van der Waals surface area contributed by atoms with Crippen LogP contribution in [0.1, 0.15) is 0 Å². The van der Waals surface area contributed by atoms with Crippen LogP contribution in [0, 0.1) is 0 Å². The van der Waals surface area contributed by atoms with Crippen molar-refractivity contribution in [3.05, 3.63) is 152 Å². The van der Waals surface area contributed by atoms with E-state index < -0.39 is 0 Å². The minimum absolute atomic E-state index is 0.989. The first-order valence-electron chi connectivity index (χ1n) is 14.6. The molecule has 1 nitrogen and oxygen atoms in total. The fraction of sp³-hybridized carbons (Fsp3) is 0. The third kappa shape index (κ3) is 3.81. The molecular weight excluding hydrogens is 539 g/mol. The normalized spacial score (nSPS) is 11.7. The number of hydrogen-bond acceptors (Lipinski definition) is 2. The zero-order valence-electron chi connectivity index (χ0n) is 23.3. The van der Waals surface area contributed by atoms with Gasteiger partial charge in [-0.15, -0.1) is 11.3 Å². The molecule has 0 N–H and O–H groups in total. The third-order valence-electron chi connectivity index (χ3n) is 8.70. The van der Waals surface area contributed by atoms with Crippen molar-refractivity contribution >= 4 is 64.0 Å². The summed E-state index contributed by atoms with van der Waals surface area (Å²) < 4.78 is 2.67. The number of aromatic nitrogens is 1. The Morgan fingerprint density at radius 2 is 0.884 bits per heavy atom. The van der Waals surface area contributed by atoms with Gasteiger partial charge in [0.1, 0.15) is 0 Å². The van der Waals surface area contributed by atoms with E-state index in [1.807, 2.05) is 11.3 Å². The van der Waals surface area contributed by atoms with Gasteiger partial charge in [0.25, 0.3) is 0 Å². The first-order valence-corrected chi connectivity index (χ1v) is 15.5. The van der Waals surface area contributed by atoms with Crippen LogP contribution < -0.4 is 0 Å². The van der Waals surface area contributed by atoms with Crippen LogP contribution in [0.5, 0.6) is 0 Å². The number of pyridine rings is 1. The van der Waals surface area contributed by atoms with Gasteiger partial charge in [0.05, 0.1) is 11.2 Å². The van der Waals surface area contributed by atoms with Crippen molar-refractivity contribution in [2.75, 3.05) is 0 Å². The van der Waals surface area contributed by atoms with Crippen molar-refractivity contribution in [3.63, 3.8) is 0 Å². The lowest BCUT2D eigenvalue weighted by atomic mass is 9.93. The summed E-state index contributed by atoms with van der Waals surface area (Å²) in [4.78, 5) is 5.25. The molecule has 9 rings (SSSR count). The molecule has 0 aliphatic heterocycles. The fourth-order valence-electron chi connectivity index (χ4n) is 6.67. The molecular formula is C41H25NS. The quantitative estimate of drug-likeness (QED) is 0.195. The van der Waals surface area contributed by atoms with Gasteiger partial charge in [-0.3, -0.25) is 0 Å². The summed E-state index contributed by atoms with van der Waals surface area (Å²) in [5.74, 6) is 0. The van der Waals surface area contributed by atoms with E-state index in [2.05, 4.69) is 152 Å². The molecule has 7 aromatic carbocycles. The molecule has 0 saturated carbocycles. The molecule has 0 aliphatic carbocycles. The lowest BCUT2D eigenvalue weighted by Crippen LogP contribution is -1.90. The van der Waals surface area contributed by atoms with Crippen LogP contribution in [0.15, 0.2) is 152 Å². The SMILES string of the molecule is c1ccc(-c2cccc3c2sc2ccccc23)c(-c2ccc(-c3ccc4c5ccccc5c5ccccc5c4n3)cc2)c1. The van der Waals surface area contributed by atoms with Gasteiger partial charge in [0.15, 0.2) is 0 Å². The average molecular weight is 564 g/mol. The minimum atomic E-state index is 0.989. The molecule has 9 aromatic rings. The van der Waals surface area contributed by atoms with Gasteiger partial charge in [-0.25, -0.2) is 4.98 Å². The first-order chi connectivity index (χ1) is 21.3. The van der Waals surface area contributed by atoms with Crippen molar-refractivity contribution < 1.29 is 0 Å². The molecule has 0 bridgehead atoms. The Labute approximate surface area is 253 Å². The van der Waals surface area contributed by atoms with E-state index in [0.717, 1.165) is 16.8 Å². The van der Waals surface area contributed by atoms with E-state index in [4.69, 9.17) is 4.98 Å². The summed E-state index contributed by atoms with van der Waals surface area (Å²) in [6, 6.07) is 54.7. The van der Waals surface area contributed by atoms with Gasteiger partial charge in [-0.2, -0.15) is 0 Å². The number of fused-ring (bicyclic) bond motifs is 9. The van der Waals surface area contributed by atoms with Gasteiger partial charge in [0.2, 0.25) is 0 Å². The summed E-state index contributed by atoms with van der Waals surface area (Å²) in [7, 11) is 0. The van der Waals surface area contributed by atoms with Gasteiger partial charge in [-0.05, 0) is 51.0 Å². The highest BCUT2D eigenvalue weighted by molar-refractivity contribution is 7.26. The van der Waals surface area contributed by atoms with Crippen molar-refractivity contribution in [3.8, 4) is 33.5 Å². The van der Waals surface area contributed by atoms with E-state index >= 15 is 0 Å². The molecule has 0 spiro atoms. The molecule has 0 aliphatic rings. The van der Waals surface area contributed by atoms with E-state index in [1.54, 1.807) is 0 Å². The third-order valence-corrected chi connectivity index (χ3v) is 9.92. The molecule has 2 aromatic heterocycles. The van der Waals surface area contributed by atoms with Crippen molar-refractivity contribution in [2.24, 2.45) is 0 Å². The zero-order valence-corrected chi connectivity index (χ0v) is 24.1. The second kappa shape index (κ2) is 9.62. The monoisotopic (exact) mass is 563 g/mol. The smallest absolute Gasteiger partial charge is 0.0794 e. The number of hydrogen-bond donors (Lipinski definition) is 0. The number of benzene rings is 7. The minimum Gasteiger partial charge on any atom is -0.247 e. The van der Waals surface area contributed by atoms with Gasteiger partial charge >= 0.3 is 0 Å². The van der Waals surface area contributed by atoms with Crippen LogP contribution in [-0.4, -0.2) is 4.98 Å². The lowest BCUT2D eigenvalue weighted by molar-refractivity contribution is 1.41. The van der Waals surface area contributed by atoms with E-state index in [1.165, 1.54) is 69.4 Å². The van der Waals surface area contributed by atoms with Gasteiger partial charge in [-0.1, -0.05) is 133 Å². The molecule has 43 heavy (non-hydrogen) atoms. The van der Waals surface area contributed by atoms with Crippen LogP contribution in [-0.2, 0) is 0 Å². The van der Waals surface area contributed by atoms with Gasteiger partial charge in [0, 0.05) is 42.1 Å². The van der Waals surface area contributed by atoms with Crippen LogP contribution in [0.3, 0.4) is 0 Å². The topological polar surface area (TPSA) is 12.9 Å².